The molecule has 3 heterocycles. The molecule has 0 radical (unpaired) electrons. The largest absolute Gasteiger partial charge is 0.486 e. The van der Waals surface area contributed by atoms with Gasteiger partial charge in [-0.1, -0.05) is 124 Å². The van der Waals surface area contributed by atoms with Gasteiger partial charge in [-0.05, 0) is 123 Å². The maximum absolute atomic E-state index is 18.0. The van der Waals surface area contributed by atoms with Crippen molar-refractivity contribution in [3.63, 3.8) is 0 Å². The van der Waals surface area contributed by atoms with Gasteiger partial charge in [0.15, 0.2) is 29.1 Å². The summed E-state index contributed by atoms with van der Waals surface area (Å²) in [6.45, 7) is 15.1. The van der Waals surface area contributed by atoms with Gasteiger partial charge in [0.25, 0.3) is 0 Å². The predicted molar refractivity (Wildman–Crippen MR) is 456 cm³/mol. The minimum Gasteiger partial charge on any atom is -0.486 e. The van der Waals surface area contributed by atoms with E-state index in [0.717, 1.165) is 35.0 Å². The van der Waals surface area contributed by atoms with Gasteiger partial charge >= 0.3 is 12.1 Å². The number of likely N-dealkylation sites (N-methyl/N-ethyl adjacent to an activating group) is 1. The Morgan fingerprint density at radius 1 is 0.704 bits per heavy atom. The SMILES string of the molecule is CCCC1O[C@@H]2C[C@H]3[C@@H]4C[C@H](F)C5=CC(=O)C=C[C@]5(C)[C@@]4(F)[C@@H](O)C[C@]3(C)[C@]2(C(=O)COc2ccc(CNC(=O)OCc3ccc(CC(=O)[C@H](CCCNC(N)=O)CC(=O)[C@@H](NC(=O)CCOCCOCCOCCOCCNC(=O)CCC(=O)N4Cc5ccccc5-c5c(nnn5CCOCCOCCOCCNC)-c5ccccc54)C(C)C)cc3)cc2)O1. The Hall–Kier alpha value is -9.65. The number of ether oxygens (including phenoxy) is 11. The van der Waals surface area contributed by atoms with Crippen molar-refractivity contribution in [3.05, 3.63) is 143 Å². The zero-order chi connectivity index (χ0) is 89.1. The van der Waals surface area contributed by atoms with Crippen LogP contribution in [-0.4, -0.2) is 241 Å². The maximum Gasteiger partial charge on any atom is 0.407 e. The minimum atomic E-state index is -2.34. The number of para-hydroxylation sites is 1. The Balaban J connectivity index is 0.532. The molecule has 0 spiro atoms. The maximum atomic E-state index is 18.0. The summed E-state index contributed by atoms with van der Waals surface area (Å²) in [4.78, 5) is 122. The van der Waals surface area contributed by atoms with Gasteiger partial charge in [0, 0.05) is 92.1 Å². The van der Waals surface area contributed by atoms with Crippen LogP contribution in [0.3, 0.4) is 0 Å². The summed E-state index contributed by atoms with van der Waals surface area (Å²) in [5.74, 6) is -4.73. The molecule has 33 heteroatoms. The van der Waals surface area contributed by atoms with Crippen LogP contribution < -0.4 is 42.0 Å². The number of Topliss-reactive ketones (excluding diaryl/α,β-unsaturated/α-hetero) is 3. The second-order valence-electron chi connectivity index (χ2n) is 33.3. The summed E-state index contributed by atoms with van der Waals surface area (Å²) in [6.07, 6.45) is -0.520. The lowest BCUT2D eigenvalue weighted by molar-refractivity contribution is -0.234. The molecule has 31 nitrogen and oxygen atoms in total. The summed E-state index contributed by atoms with van der Waals surface area (Å²) in [5.41, 5.74) is 5.20. The van der Waals surface area contributed by atoms with Crippen LogP contribution >= 0.6 is 0 Å². The van der Waals surface area contributed by atoms with Gasteiger partial charge in [-0.3, -0.25) is 33.6 Å². The summed E-state index contributed by atoms with van der Waals surface area (Å²) in [6, 6.07) is 27.4. The van der Waals surface area contributed by atoms with E-state index in [4.69, 9.17) is 57.8 Å². The molecule has 0 bridgehead atoms. The zero-order valence-electron chi connectivity index (χ0n) is 72.4. The number of ketones is 4. The van der Waals surface area contributed by atoms with Crippen LogP contribution in [0.1, 0.15) is 128 Å². The van der Waals surface area contributed by atoms with Gasteiger partial charge in [0.1, 0.15) is 36.6 Å². The number of carbonyl (C=O) groups is 9. The second kappa shape index (κ2) is 46.2. The van der Waals surface area contributed by atoms with Crippen molar-refractivity contribution in [3.8, 4) is 28.3 Å². The van der Waals surface area contributed by atoms with Crippen LogP contribution in [0.25, 0.3) is 22.5 Å². The molecule has 4 aliphatic carbocycles. The van der Waals surface area contributed by atoms with Crippen molar-refractivity contribution in [2.24, 2.45) is 40.2 Å². The zero-order valence-corrected chi connectivity index (χ0v) is 72.4. The van der Waals surface area contributed by atoms with Gasteiger partial charge in [-0.2, -0.15) is 0 Å². The van der Waals surface area contributed by atoms with E-state index in [9.17, 15) is 48.3 Å². The minimum absolute atomic E-state index is 0.0119. The number of aliphatic hydroxyl groups is 1. The third-order valence-corrected chi connectivity index (χ3v) is 24.6. The molecule has 6 aliphatic rings. The number of benzene rings is 4. The van der Waals surface area contributed by atoms with Crippen LogP contribution in [0, 0.1) is 34.5 Å². The molecule has 3 saturated carbocycles. The molecule has 4 fully saturated rings. The lowest BCUT2D eigenvalue weighted by atomic mass is 9.44. The third-order valence-electron chi connectivity index (χ3n) is 24.6. The number of nitrogens with one attached hydrogen (secondary N) is 5. The topological polar surface area (TPSA) is 396 Å². The number of amides is 6. The van der Waals surface area contributed by atoms with E-state index in [1.165, 1.54) is 19.1 Å². The molecule has 2 aliphatic heterocycles. The highest BCUT2D eigenvalue weighted by molar-refractivity contribution is 6.02. The van der Waals surface area contributed by atoms with Crippen molar-refractivity contribution in [1.29, 1.82) is 0 Å². The smallest absolute Gasteiger partial charge is 0.407 e. The van der Waals surface area contributed by atoms with E-state index in [2.05, 4.69) is 36.9 Å². The number of carbonyl (C=O) groups excluding carboxylic acids is 9. The van der Waals surface area contributed by atoms with Crippen molar-refractivity contribution < 1.29 is 109 Å². The van der Waals surface area contributed by atoms with Gasteiger partial charge in [0.2, 0.25) is 23.5 Å². The fourth-order valence-electron chi connectivity index (χ4n) is 18.2. The molecule has 5 aromatic rings. The highest BCUT2D eigenvalue weighted by atomic mass is 19.1. The number of fused-ring (bicyclic) bond motifs is 12. The number of nitrogens with two attached hydrogens (primary N) is 1. The number of allylic oxidation sites excluding steroid dienone is 4. The van der Waals surface area contributed by atoms with Gasteiger partial charge in [-0.15, -0.1) is 5.10 Å². The van der Waals surface area contributed by atoms with Gasteiger partial charge in [0.05, 0.1) is 135 Å². The Labute approximate surface area is 728 Å². The van der Waals surface area contributed by atoms with E-state index in [1.54, 1.807) is 67.3 Å². The number of aliphatic hydroxyl groups excluding tert-OH is 1. The summed E-state index contributed by atoms with van der Waals surface area (Å²) >= 11 is 0. The van der Waals surface area contributed by atoms with Crippen LogP contribution in [-0.2, 0) is 114 Å². The number of alkyl carbamates (subject to hydrolysis) is 1. The molecule has 8 N–H and O–H groups in total. The predicted octanol–water partition coefficient (Wildman–Crippen LogP) is 8.64. The summed E-state index contributed by atoms with van der Waals surface area (Å²) in [7, 11) is 1.88. The van der Waals surface area contributed by atoms with Gasteiger partial charge < -0.3 is 94.4 Å². The Bertz CT molecular complexity index is 4540. The standard InChI is InChI=1S/C92H122F2N10O21/c1-7-13-83-124-79-54-70-71-53-73(93)72-52-66(105)29-31-89(72,4)91(71,94)77(108)55-90(70,5)92(79,125-83)78(109)59-122-67-25-23-62(24-26-67)56-99-88(114)123-58-63-21-19-61(20-22-63)50-75(106)64(15-12-32-98-87(95)113)51-76(107)84(60(2)3)100-81(111)30-36-115-40-44-119-48-49-121-46-42-117-38-34-97-80(110)27-28-82(112)103-57-65-14-8-9-16-68(65)86-85(69-17-10-11-18-74(69)103)101-102-104(86)35-39-118-43-47-120-45-41-116-37-33-96-6/h8-11,14,16-26,29,31,52,60,64,70-71,73,77,79,83-84,96,108H,7,12-13,15,27-28,30,32-51,53-59H2,1-6H3,(H,97,110)(H,99,114)(H,100,111)(H3,95,98,113)/t64-,70+,71+,73+,77+,79-,83?,84+,89+,90+,91+,92-/m1/s1. The second-order valence-corrected chi connectivity index (χ2v) is 33.3. The fourth-order valence-corrected chi connectivity index (χ4v) is 18.2. The quantitative estimate of drug-likeness (QED) is 0.0179. The number of halogens is 2. The van der Waals surface area contributed by atoms with E-state index >= 15 is 8.78 Å². The third kappa shape index (κ3) is 24.2. The molecular formula is C92H122F2N10O21. The number of urea groups is 1. The summed E-state index contributed by atoms with van der Waals surface area (Å²) in [5, 5.41) is 35.1. The van der Waals surface area contributed by atoms with E-state index in [-0.39, 0.29) is 178 Å². The Kier molecular flexibility index (Phi) is 35.5. The molecule has 1 unspecified atom stereocenters. The number of primary amides is 1. The molecule has 125 heavy (non-hydrogen) atoms. The van der Waals surface area contributed by atoms with Crippen molar-refractivity contribution in [1.82, 2.24) is 41.6 Å². The number of aromatic nitrogens is 3. The Morgan fingerprint density at radius 3 is 2.02 bits per heavy atom. The number of hydrogen-bond acceptors (Lipinski definition) is 24. The molecular weight excluding hydrogens is 1620 g/mol. The first-order valence-corrected chi connectivity index (χ1v) is 43.6. The molecule has 6 amide bonds. The van der Waals surface area contributed by atoms with Crippen LogP contribution in [0.15, 0.2) is 121 Å². The number of alkyl halides is 2. The summed E-state index contributed by atoms with van der Waals surface area (Å²) < 4.78 is 100. The van der Waals surface area contributed by atoms with Crippen LogP contribution in [0.2, 0.25) is 0 Å². The highest BCUT2D eigenvalue weighted by Crippen LogP contribution is 2.72. The van der Waals surface area contributed by atoms with E-state index < -0.39 is 107 Å². The fraction of sp³-hybridized carbons (Fsp3) is 0.576. The average molecular weight is 1740 g/mol. The number of nitrogens with zero attached hydrogens (tertiary/aromatic N) is 4. The van der Waals surface area contributed by atoms with Crippen LogP contribution in [0.5, 0.6) is 5.75 Å². The van der Waals surface area contributed by atoms with Crippen molar-refractivity contribution >= 4 is 58.7 Å². The highest BCUT2D eigenvalue weighted by Gasteiger charge is 2.80. The van der Waals surface area contributed by atoms with Gasteiger partial charge in [-0.25, -0.2) is 23.1 Å². The molecule has 1 saturated heterocycles. The van der Waals surface area contributed by atoms with E-state index in [1.807, 2.05) is 74.1 Å². The van der Waals surface area contributed by atoms with Crippen molar-refractivity contribution in [2.75, 3.05) is 131 Å². The molecule has 1 aromatic heterocycles. The number of rotatable bonds is 52. The normalized spacial score (nSPS) is 23.1. The molecule has 11 rings (SSSR count). The first kappa shape index (κ1) is 96.0. The van der Waals surface area contributed by atoms with E-state index in [0.29, 0.717) is 99.3 Å². The molecule has 4 aromatic carbocycles. The lowest BCUT2D eigenvalue weighted by Crippen LogP contribution is -2.71. The van der Waals surface area contributed by atoms with Crippen LogP contribution in [0.4, 0.5) is 24.1 Å². The number of hydrogen-bond donors (Lipinski definition) is 7. The average Bonchev–Trinajstić information content (AvgIpc) is 1.53. The monoisotopic (exact) mass is 1740 g/mol. The van der Waals surface area contributed by atoms with Crippen molar-refractivity contribution in [2.45, 2.75) is 180 Å². The molecule has 680 valence electrons. The Morgan fingerprint density at radius 2 is 1.34 bits per heavy atom. The lowest BCUT2D eigenvalue weighted by Gasteiger charge is -2.63. The number of anilines is 1. The molecule has 12 atom stereocenters. The first-order valence-electron chi connectivity index (χ1n) is 43.6. The first-order chi connectivity index (χ1) is 60.3.